The van der Waals surface area contributed by atoms with Gasteiger partial charge in [0.25, 0.3) is 0 Å². The zero-order valence-electron chi connectivity index (χ0n) is 9.01. The van der Waals surface area contributed by atoms with Gasteiger partial charge in [0.05, 0.1) is 0 Å². The molecule has 0 bridgehead atoms. The molecule has 0 atom stereocenters. The molecule has 6 N–H and O–H groups in total. The third-order valence-corrected chi connectivity index (χ3v) is 0.485. The molecule has 0 aliphatic heterocycles. The van der Waals surface area contributed by atoms with Gasteiger partial charge < -0.3 is 35.5 Å². The summed E-state index contributed by atoms with van der Waals surface area (Å²) in [6, 6.07) is 0. The zero-order chi connectivity index (χ0) is 14.6. The van der Waals surface area contributed by atoms with Crippen molar-refractivity contribution in [2.45, 2.75) is 6.42 Å². The van der Waals surface area contributed by atoms with Gasteiger partial charge in [-0.05, 0) is 0 Å². The fourth-order valence-corrected chi connectivity index (χ4v) is 0.129. The van der Waals surface area contributed by atoms with Crippen molar-refractivity contribution in [3.05, 3.63) is 0 Å². The summed E-state index contributed by atoms with van der Waals surface area (Å²) in [5.41, 5.74) is 0. The maximum atomic E-state index is 9.43. The average molecular weight is 262 g/mol. The first-order valence-corrected chi connectivity index (χ1v) is 3.42. The molecule has 0 unspecified atom stereocenters. The van der Waals surface area contributed by atoms with Crippen LogP contribution in [-0.2, 0) is 19.2 Å². The number of hydrogen-bond acceptors (Lipinski definition) is 7. The molecular weight excluding hydrogens is 254 g/mol. The number of carboxylic acid groups (broad SMARTS) is 4. The maximum Gasteiger partial charge on any atom is 1.00 e. The van der Waals surface area contributed by atoms with Crippen LogP contribution in [0.5, 0.6) is 0 Å². The van der Waals surface area contributed by atoms with Crippen molar-refractivity contribution >= 4 is 31.2 Å². The van der Waals surface area contributed by atoms with Crippen LogP contribution in [0.1, 0.15) is 6.42 Å². The summed E-state index contributed by atoms with van der Waals surface area (Å²) in [7, 11) is -2.42. The Morgan fingerprint density at radius 1 is 0.833 bits per heavy atom. The molecule has 0 amide bonds. The van der Waals surface area contributed by atoms with E-state index in [1.807, 2.05) is 0 Å². The zero-order valence-corrected chi connectivity index (χ0v) is 9.01. The molecule has 0 aromatic rings. The van der Waals surface area contributed by atoms with Crippen molar-refractivity contribution in [3.8, 4) is 0 Å². The second-order valence-electron chi connectivity index (χ2n) is 1.90. The van der Waals surface area contributed by atoms with E-state index >= 15 is 0 Å². The van der Waals surface area contributed by atoms with Gasteiger partial charge in [0, 0.05) is 0 Å². The van der Waals surface area contributed by atoms with Gasteiger partial charge in [-0.2, -0.15) is 0 Å². The standard InChI is InChI=1S/C3H4O4.C2H2O4.BH2O3.Li/c4-2(5)1-3(6)7;3-1(4)2(5)6;2-1(3)4;/h1H2,(H,4,5)(H,6,7);(H,3,4)(H,5,6);2-3H;/q;;-1;+1. The van der Waals surface area contributed by atoms with Gasteiger partial charge in [0.1, 0.15) is 6.42 Å². The van der Waals surface area contributed by atoms with E-state index in [0.717, 1.165) is 0 Å². The largest absolute Gasteiger partial charge is 1.00 e. The summed E-state index contributed by atoms with van der Waals surface area (Å²) >= 11 is 0. The Morgan fingerprint density at radius 2 is 1.00 bits per heavy atom. The first kappa shape index (κ1) is 25.3. The summed E-state index contributed by atoms with van der Waals surface area (Å²) in [6.45, 7) is 0. The van der Waals surface area contributed by atoms with Gasteiger partial charge in [-0.3, -0.25) is 9.59 Å². The Morgan fingerprint density at radius 3 is 1.00 bits per heavy atom. The molecule has 98 valence electrons. The van der Waals surface area contributed by atoms with Crippen molar-refractivity contribution in [2.24, 2.45) is 0 Å². The maximum absolute atomic E-state index is 9.43. The Hall–Kier alpha value is -1.58. The molecule has 0 aromatic carbocycles. The van der Waals surface area contributed by atoms with Crippen molar-refractivity contribution in [1.29, 1.82) is 0 Å². The van der Waals surface area contributed by atoms with E-state index in [2.05, 4.69) is 0 Å². The molecule has 0 heterocycles. The van der Waals surface area contributed by atoms with E-state index in [1.54, 1.807) is 0 Å². The van der Waals surface area contributed by atoms with Crippen molar-refractivity contribution in [1.82, 2.24) is 0 Å². The number of carbonyl (C=O) groups is 4. The molecule has 0 aliphatic carbocycles. The van der Waals surface area contributed by atoms with E-state index in [4.69, 9.17) is 45.1 Å². The predicted octanol–water partition coefficient (Wildman–Crippen LogP) is -6.98. The Bertz CT molecular complexity index is 250. The predicted molar refractivity (Wildman–Crippen MR) is 45.4 cm³/mol. The van der Waals surface area contributed by atoms with Crippen LogP contribution in [0.4, 0.5) is 0 Å². The second kappa shape index (κ2) is 15.4. The first-order valence-electron chi connectivity index (χ1n) is 3.42. The molecule has 0 fully saturated rings. The van der Waals surface area contributed by atoms with E-state index in [9.17, 15) is 9.59 Å². The Balaban J connectivity index is -0.0000000823. The van der Waals surface area contributed by atoms with Crippen LogP contribution in [0.2, 0.25) is 0 Å². The van der Waals surface area contributed by atoms with Crippen molar-refractivity contribution < 1.29 is 73.5 Å². The third kappa shape index (κ3) is 63.0. The summed E-state index contributed by atoms with van der Waals surface area (Å²) < 4.78 is 0. The van der Waals surface area contributed by atoms with Gasteiger partial charge in [0.2, 0.25) is 0 Å². The van der Waals surface area contributed by atoms with E-state index < -0.39 is 37.6 Å². The fraction of sp³-hybridized carbons (Fsp3) is 0.200. The third-order valence-electron chi connectivity index (χ3n) is 0.485. The molecule has 0 rings (SSSR count). The van der Waals surface area contributed by atoms with Gasteiger partial charge in [-0.15, -0.1) is 0 Å². The minimum absolute atomic E-state index is 0. The molecule has 13 heteroatoms. The monoisotopic (exact) mass is 262 g/mol. The average Bonchev–Trinajstić information content (AvgIpc) is 2.00. The number of hydrogen-bond donors (Lipinski definition) is 6. The van der Waals surface area contributed by atoms with Crippen LogP contribution in [0.25, 0.3) is 0 Å². The molecule has 0 aromatic heterocycles. The van der Waals surface area contributed by atoms with Crippen molar-refractivity contribution in [2.75, 3.05) is 0 Å². The van der Waals surface area contributed by atoms with Crippen LogP contribution < -0.4 is 23.9 Å². The van der Waals surface area contributed by atoms with E-state index in [0.29, 0.717) is 0 Å². The molecule has 0 saturated carbocycles. The SMILES string of the molecule is O=C(O)C(=O)O.O=C(O)CC(=O)O.[Li+].[O-]B(O)O. The topological polar surface area (TPSA) is 213 Å². The van der Waals surface area contributed by atoms with Gasteiger partial charge in [0.15, 0.2) is 0 Å². The minimum atomic E-state index is -2.42. The first-order chi connectivity index (χ1) is 7.50. The smallest absolute Gasteiger partial charge is 0.832 e. The number of rotatable bonds is 2. The number of aliphatic carboxylic acids is 4. The molecule has 0 radical (unpaired) electrons. The molecule has 18 heavy (non-hydrogen) atoms. The Labute approximate surface area is 112 Å². The molecule has 0 saturated heterocycles. The van der Waals surface area contributed by atoms with E-state index in [1.165, 1.54) is 0 Å². The molecule has 0 aliphatic rings. The summed E-state index contributed by atoms with van der Waals surface area (Å²) in [5, 5.41) is 52.9. The summed E-state index contributed by atoms with van der Waals surface area (Å²) in [5.74, 6) is -6.27. The molecule has 11 nitrogen and oxygen atoms in total. The van der Waals surface area contributed by atoms with Crippen LogP contribution in [0.15, 0.2) is 0 Å². The van der Waals surface area contributed by atoms with Gasteiger partial charge >= 0.3 is 50.1 Å². The van der Waals surface area contributed by atoms with Crippen LogP contribution in [-0.4, -0.2) is 61.7 Å². The van der Waals surface area contributed by atoms with Crippen LogP contribution >= 0.6 is 0 Å². The molecular formula is C5H8BLiO11. The van der Waals surface area contributed by atoms with Crippen LogP contribution in [0.3, 0.4) is 0 Å². The minimum Gasteiger partial charge on any atom is -0.832 e. The van der Waals surface area contributed by atoms with Gasteiger partial charge in [-0.1, -0.05) is 0 Å². The van der Waals surface area contributed by atoms with Gasteiger partial charge in [-0.25, -0.2) is 9.59 Å². The quantitative estimate of drug-likeness (QED) is 0.156. The summed E-state index contributed by atoms with van der Waals surface area (Å²) in [4.78, 5) is 37.1. The Kier molecular flexibility index (Phi) is 21.7. The normalized spacial score (nSPS) is 7.06. The fourth-order valence-electron chi connectivity index (χ4n) is 0.129. The van der Waals surface area contributed by atoms with E-state index in [-0.39, 0.29) is 18.9 Å². The van der Waals surface area contributed by atoms with Crippen molar-refractivity contribution in [3.63, 3.8) is 0 Å². The summed E-state index contributed by atoms with van der Waals surface area (Å²) in [6.07, 6.45) is -0.806. The molecule has 0 spiro atoms. The number of carboxylic acids is 4. The van der Waals surface area contributed by atoms with Crippen LogP contribution in [0, 0.1) is 0 Å². The second-order valence-corrected chi connectivity index (χ2v) is 1.90.